The fraction of sp³-hybridized carbons (Fsp3) is 0.273. The van der Waals surface area contributed by atoms with Gasteiger partial charge in [-0.25, -0.2) is 0 Å². The van der Waals surface area contributed by atoms with Gasteiger partial charge in [0.05, 0.1) is 12.8 Å². The van der Waals surface area contributed by atoms with Crippen LogP contribution in [0.4, 0.5) is 0 Å². The van der Waals surface area contributed by atoms with Crippen LogP contribution in [-0.2, 0) is 6.42 Å². The molecule has 2 N–H and O–H groups in total. The Bertz CT molecular complexity index is 737. The van der Waals surface area contributed by atoms with Gasteiger partial charge in [-0.2, -0.15) is 0 Å². The molecule has 0 aliphatic rings. The highest BCUT2D eigenvalue weighted by Gasteiger charge is 2.17. The van der Waals surface area contributed by atoms with Crippen LogP contribution in [0.15, 0.2) is 77.4 Å². The molecular formula is C22H25ClNO+. The Hall–Kier alpha value is -2.03. The Morgan fingerprint density at radius 1 is 0.960 bits per heavy atom. The van der Waals surface area contributed by atoms with Crippen molar-refractivity contribution in [3.05, 3.63) is 94.9 Å². The van der Waals surface area contributed by atoms with Crippen molar-refractivity contribution in [2.75, 3.05) is 6.54 Å². The summed E-state index contributed by atoms with van der Waals surface area (Å²) in [5, 5.41) is 3.18. The maximum absolute atomic E-state index is 5.98. The molecule has 1 heterocycles. The maximum Gasteiger partial charge on any atom is 0.109 e. The third kappa shape index (κ3) is 5.22. The lowest BCUT2D eigenvalue weighted by Gasteiger charge is -2.16. The largest absolute Gasteiger partial charge is 0.469 e. The van der Waals surface area contributed by atoms with Crippen LogP contribution in [0.2, 0.25) is 5.02 Å². The molecule has 1 aromatic heterocycles. The van der Waals surface area contributed by atoms with Crippen LogP contribution in [0.5, 0.6) is 0 Å². The van der Waals surface area contributed by atoms with Crippen molar-refractivity contribution < 1.29 is 9.73 Å². The van der Waals surface area contributed by atoms with Crippen molar-refractivity contribution in [2.24, 2.45) is 0 Å². The van der Waals surface area contributed by atoms with Crippen LogP contribution in [0.25, 0.3) is 0 Å². The average Bonchev–Trinajstić information content (AvgIpc) is 3.17. The molecule has 0 aliphatic heterocycles. The molecule has 0 aliphatic carbocycles. The molecule has 2 atom stereocenters. The Morgan fingerprint density at radius 2 is 1.72 bits per heavy atom. The van der Waals surface area contributed by atoms with Gasteiger partial charge in [0.2, 0.25) is 0 Å². The molecular weight excluding hydrogens is 330 g/mol. The quantitative estimate of drug-likeness (QED) is 0.607. The molecule has 3 heteroatoms. The van der Waals surface area contributed by atoms with Crippen LogP contribution < -0.4 is 5.32 Å². The van der Waals surface area contributed by atoms with E-state index in [1.807, 2.05) is 18.2 Å². The van der Waals surface area contributed by atoms with E-state index >= 15 is 0 Å². The summed E-state index contributed by atoms with van der Waals surface area (Å²) in [7, 11) is 0. The van der Waals surface area contributed by atoms with Gasteiger partial charge in [0.25, 0.3) is 0 Å². The molecule has 0 bridgehead atoms. The summed E-state index contributed by atoms with van der Waals surface area (Å²) in [4.78, 5) is 0. The summed E-state index contributed by atoms with van der Waals surface area (Å²) in [5.74, 6) is 1.49. The highest BCUT2D eigenvalue weighted by molar-refractivity contribution is 6.30. The van der Waals surface area contributed by atoms with Crippen LogP contribution in [0.1, 0.15) is 42.2 Å². The topological polar surface area (TPSA) is 29.8 Å². The molecule has 0 radical (unpaired) electrons. The Morgan fingerprint density at radius 3 is 2.40 bits per heavy atom. The van der Waals surface area contributed by atoms with E-state index in [2.05, 4.69) is 60.8 Å². The van der Waals surface area contributed by atoms with Crippen molar-refractivity contribution in [1.82, 2.24) is 0 Å². The van der Waals surface area contributed by atoms with Gasteiger partial charge in [-0.1, -0.05) is 54.1 Å². The molecule has 2 nitrogen and oxygen atoms in total. The smallest absolute Gasteiger partial charge is 0.109 e. The molecule has 0 saturated heterocycles. The van der Waals surface area contributed by atoms with Crippen molar-refractivity contribution in [3.63, 3.8) is 0 Å². The Labute approximate surface area is 154 Å². The molecule has 25 heavy (non-hydrogen) atoms. The number of hydrogen-bond acceptors (Lipinski definition) is 1. The fourth-order valence-electron chi connectivity index (χ4n) is 3.22. The van der Waals surface area contributed by atoms with Crippen molar-refractivity contribution in [1.29, 1.82) is 0 Å². The monoisotopic (exact) mass is 354 g/mol. The minimum atomic E-state index is 0.408. The number of quaternary nitrogens is 1. The number of halogens is 1. The van der Waals surface area contributed by atoms with Crippen molar-refractivity contribution >= 4 is 11.6 Å². The number of rotatable bonds is 8. The van der Waals surface area contributed by atoms with E-state index in [1.165, 1.54) is 11.1 Å². The van der Waals surface area contributed by atoms with E-state index in [-0.39, 0.29) is 0 Å². The van der Waals surface area contributed by atoms with Gasteiger partial charge >= 0.3 is 0 Å². The summed E-state index contributed by atoms with van der Waals surface area (Å²) in [6.45, 7) is 3.30. The van der Waals surface area contributed by atoms with Gasteiger partial charge in [-0.15, -0.1) is 0 Å². The fourth-order valence-corrected chi connectivity index (χ4v) is 3.34. The normalized spacial score (nSPS) is 13.5. The molecule has 130 valence electrons. The maximum atomic E-state index is 5.98. The predicted octanol–water partition coefficient (Wildman–Crippen LogP) is 4.97. The molecule has 3 aromatic rings. The van der Waals surface area contributed by atoms with Crippen LogP contribution in [0, 0.1) is 0 Å². The summed E-state index contributed by atoms with van der Waals surface area (Å²) in [6.07, 6.45) is 3.87. The van der Waals surface area contributed by atoms with Crippen LogP contribution >= 0.6 is 11.6 Å². The van der Waals surface area contributed by atoms with Crippen molar-refractivity contribution in [2.45, 2.75) is 31.7 Å². The summed E-state index contributed by atoms with van der Waals surface area (Å²) < 4.78 is 5.69. The van der Waals surface area contributed by atoms with Gasteiger partial charge in [0, 0.05) is 22.9 Å². The molecule has 0 amide bonds. The van der Waals surface area contributed by atoms with Gasteiger partial charge in [0.1, 0.15) is 11.8 Å². The van der Waals surface area contributed by atoms with Crippen molar-refractivity contribution in [3.8, 4) is 0 Å². The average molecular weight is 355 g/mol. The van der Waals surface area contributed by atoms with E-state index < -0.39 is 0 Å². The molecule has 2 aromatic carbocycles. The lowest BCUT2D eigenvalue weighted by atomic mass is 9.93. The highest BCUT2D eigenvalue weighted by Crippen LogP contribution is 2.24. The first-order valence-electron chi connectivity index (χ1n) is 8.88. The zero-order valence-electron chi connectivity index (χ0n) is 14.6. The number of nitrogens with two attached hydrogens (primary N) is 1. The summed E-state index contributed by atoms with van der Waals surface area (Å²) >= 11 is 5.98. The standard InChI is InChI=1S/C22H24ClNO/c1-17(19-9-11-21(23)12-10-19)24-14-13-20(22-8-5-15-25-22)16-18-6-3-2-4-7-18/h2-12,15,17,20,24H,13-14,16H2,1H3/p+1/t17-,20-/m0/s1. The van der Waals surface area contributed by atoms with E-state index in [0.717, 1.165) is 30.2 Å². The lowest BCUT2D eigenvalue weighted by Crippen LogP contribution is -2.84. The van der Waals surface area contributed by atoms with E-state index in [4.69, 9.17) is 16.0 Å². The van der Waals surface area contributed by atoms with Gasteiger partial charge < -0.3 is 9.73 Å². The predicted molar refractivity (Wildman–Crippen MR) is 103 cm³/mol. The zero-order valence-corrected chi connectivity index (χ0v) is 15.3. The van der Waals surface area contributed by atoms with Gasteiger partial charge in [-0.3, -0.25) is 0 Å². The number of hydrogen-bond donors (Lipinski definition) is 1. The van der Waals surface area contributed by atoms with Gasteiger partial charge in [-0.05, 0) is 43.2 Å². The van der Waals surface area contributed by atoms with Crippen LogP contribution in [0.3, 0.4) is 0 Å². The molecule has 0 spiro atoms. The SMILES string of the molecule is C[C@H]([NH2+]CC[C@@H](Cc1ccccc1)c1ccco1)c1ccc(Cl)cc1. The molecule has 3 rings (SSSR count). The number of furan rings is 1. The third-order valence-corrected chi connectivity index (χ3v) is 4.95. The van der Waals surface area contributed by atoms with Crippen LogP contribution in [-0.4, -0.2) is 6.54 Å². The molecule has 0 unspecified atom stereocenters. The minimum Gasteiger partial charge on any atom is -0.469 e. The second kappa shape index (κ2) is 8.89. The second-order valence-electron chi connectivity index (χ2n) is 6.56. The van der Waals surface area contributed by atoms with E-state index in [0.29, 0.717) is 12.0 Å². The second-order valence-corrected chi connectivity index (χ2v) is 6.99. The van der Waals surface area contributed by atoms with E-state index in [9.17, 15) is 0 Å². The summed E-state index contributed by atoms with van der Waals surface area (Å²) in [5.41, 5.74) is 2.66. The lowest BCUT2D eigenvalue weighted by molar-refractivity contribution is -0.693. The first kappa shape index (κ1) is 17.8. The Balaban J connectivity index is 1.58. The highest BCUT2D eigenvalue weighted by atomic mass is 35.5. The summed E-state index contributed by atoms with van der Waals surface area (Å²) in [6, 6.07) is 23.3. The zero-order chi connectivity index (χ0) is 17.5. The van der Waals surface area contributed by atoms with E-state index in [1.54, 1.807) is 6.26 Å². The first-order chi connectivity index (χ1) is 12.2. The third-order valence-electron chi connectivity index (χ3n) is 4.70. The van der Waals surface area contributed by atoms with Gasteiger partial charge in [0.15, 0.2) is 0 Å². The Kier molecular flexibility index (Phi) is 6.32. The number of benzene rings is 2. The molecule has 0 fully saturated rings. The first-order valence-corrected chi connectivity index (χ1v) is 9.26. The minimum absolute atomic E-state index is 0.408. The molecule has 0 saturated carbocycles.